The van der Waals surface area contributed by atoms with E-state index in [1.165, 1.54) is 33.4 Å². The van der Waals surface area contributed by atoms with E-state index in [9.17, 15) is 0 Å². The van der Waals surface area contributed by atoms with E-state index < -0.39 is 0 Å². The average molecular weight is 369 g/mol. The molecule has 2 aromatic rings. The molecule has 2 unspecified atom stereocenters. The summed E-state index contributed by atoms with van der Waals surface area (Å²) in [7, 11) is 0. The predicted octanol–water partition coefficient (Wildman–Crippen LogP) is 3.38. The SMILES string of the molecule is Cc1cccc(C)c1C(N)C[N]([Co])CC(N)c1c(C)cccc1C. The van der Waals surface area contributed by atoms with Gasteiger partial charge in [0.25, 0.3) is 0 Å². The molecule has 132 valence electrons. The Morgan fingerprint density at radius 1 is 0.750 bits per heavy atom. The molecule has 0 aromatic heterocycles. The Kier molecular flexibility index (Phi) is 6.60. The van der Waals surface area contributed by atoms with Gasteiger partial charge in [0.1, 0.15) is 0 Å². The number of nitrogens with zero attached hydrogens (tertiary/aromatic N) is 1. The third-order valence-corrected chi connectivity index (χ3v) is 4.98. The Morgan fingerprint density at radius 2 is 1.04 bits per heavy atom. The number of nitrogens with two attached hydrogens (primary N) is 2. The first kappa shape index (κ1) is 19.2. The molecule has 0 aliphatic heterocycles. The zero-order chi connectivity index (χ0) is 17.9. The number of hydrogen-bond donors (Lipinski definition) is 2. The van der Waals surface area contributed by atoms with Gasteiger partial charge < -0.3 is 0 Å². The summed E-state index contributed by atoms with van der Waals surface area (Å²) < 4.78 is 1.93. The molecular formula is C20H28CoN3. The molecule has 0 saturated carbocycles. The molecule has 2 rings (SSSR count). The molecule has 0 aliphatic rings. The van der Waals surface area contributed by atoms with Gasteiger partial charge in [-0.2, -0.15) is 0 Å². The van der Waals surface area contributed by atoms with Gasteiger partial charge in [-0.15, -0.1) is 0 Å². The zero-order valence-corrected chi connectivity index (χ0v) is 16.0. The van der Waals surface area contributed by atoms with Gasteiger partial charge in [0.15, 0.2) is 0 Å². The van der Waals surface area contributed by atoms with Crippen molar-refractivity contribution in [3.05, 3.63) is 69.8 Å². The molecule has 0 radical (unpaired) electrons. The van der Waals surface area contributed by atoms with Gasteiger partial charge in [-0.05, 0) is 0 Å². The summed E-state index contributed by atoms with van der Waals surface area (Å²) in [6, 6.07) is 12.4. The molecule has 0 amide bonds. The van der Waals surface area contributed by atoms with Crippen LogP contribution in [-0.4, -0.2) is 17.0 Å². The fraction of sp³-hybridized carbons (Fsp3) is 0.400. The fourth-order valence-electron chi connectivity index (χ4n) is 3.49. The molecule has 0 aliphatic carbocycles. The third kappa shape index (κ3) is 4.46. The topological polar surface area (TPSA) is 55.3 Å². The third-order valence-electron chi connectivity index (χ3n) is 4.60. The molecule has 0 spiro atoms. The van der Waals surface area contributed by atoms with E-state index in [-0.39, 0.29) is 12.1 Å². The summed E-state index contributed by atoms with van der Waals surface area (Å²) in [4.78, 5) is 0. The second kappa shape index (κ2) is 8.27. The first-order chi connectivity index (χ1) is 11.3. The Morgan fingerprint density at radius 3 is 1.33 bits per heavy atom. The van der Waals surface area contributed by atoms with Crippen LogP contribution in [0.5, 0.6) is 0 Å². The monoisotopic (exact) mass is 369 g/mol. The van der Waals surface area contributed by atoms with Crippen LogP contribution in [0.2, 0.25) is 0 Å². The van der Waals surface area contributed by atoms with Crippen LogP contribution in [-0.2, 0) is 16.0 Å². The fourth-order valence-corrected chi connectivity index (χ4v) is 3.90. The Labute approximate surface area is 154 Å². The summed E-state index contributed by atoms with van der Waals surface area (Å²) in [5.74, 6) is 0. The van der Waals surface area contributed by atoms with Crippen LogP contribution in [0.4, 0.5) is 0 Å². The van der Waals surface area contributed by atoms with Crippen LogP contribution < -0.4 is 11.5 Å². The Balaban J connectivity index is 2.06. The number of rotatable bonds is 6. The summed E-state index contributed by atoms with van der Waals surface area (Å²) in [6.07, 6.45) is 0. The second-order valence-corrected chi connectivity index (χ2v) is 7.28. The second-order valence-electron chi connectivity index (χ2n) is 6.62. The summed E-state index contributed by atoms with van der Waals surface area (Å²) in [6.45, 7) is 9.73. The standard InChI is InChI=1S/C20H28N3.Co/c1-13-7-5-8-14(2)19(13)17(21)11-23-12-18(22)20-15(3)9-6-10-16(20)4;/h5-10,17-18H,11-12,21-22H2,1-4H3;/q-1;+1. The van der Waals surface area contributed by atoms with Gasteiger partial charge in [-0.1, -0.05) is 0 Å². The van der Waals surface area contributed by atoms with Crippen molar-refractivity contribution in [1.29, 1.82) is 0 Å². The molecule has 4 N–H and O–H groups in total. The molecule has 0 fully saturated rings. The quantitative estimate of drug-likeness (QED) is 0.821. The Hall–Kier alpha value is -1.17. The van der Waals surface area contributed by atoms with Crippen molar-refractivity contribution in [2.24, 2.45) is 11.5 Å². The van der Waals surface area contributed by atoms with E-state index in [4.69, 9.17) is 11.5 Å². The van der Waals surface area contributed by atoms with E-state index in [1.807, 2.05) is 3.95 Å². The van der Waals surface area contributed by atoms with Crippen molar-refractivity contribution in [2.45, 2.75) is 39.8 Å². The predicted molar refractivity (Wildman–Crippen MR) is 97.3 cm³/mol. The Bertz CT molecular complexity index is 599. The molecule has 24 heavy (non-hydrogen) atoms. The molecule has 0 heterocycles. The van der Waals surface area contributed by atoms with Gasteiger partial charge in [-0.25, -0.2) is 0 Å². The molecule has 2 aromatic carbocycles. The number of benzene rings is 2. The average Bonchev–Trinajstić information content (AvgIpc) is 2.46. The number of aryl methyl sites for hydroxylation is 4. The van der Waals surface area contributed by atoms with Crippen molar-refractivity contribution in [3.8, 4) is 0 Å². The van der Waals surface area contributed by atoms with E-state index in [0.717, 1.165) is 0 Å². The molecule has 2 atom stereocenters. The van der Waals surface area contributed by atoms with Gasteiger partial charge in [0.2, 0.25) is 0 Å². The van der Waals surface area contributed by atoms with Crippen LogP contribution in [0.25, 0.3) is 0 Å². The van der Waals surface area contributed by atoms with Crippen molar-refractivity contribution >= 4 is 0 Å². The van der Waals surface area contributed by atoms with Crippen LogP contribution in [0.15, 0.2) is 36.4 Å². The first-order valence-corrected chi connectivity index (χ1v) is 8.80. The van der Waals surface area contributed by atoms with Crippen molar-refractivity contribution in [3.63, 3.8) is 0 Å². The number of hydrogen-bond acceptors (Lipinski definition) is 3. The van der Waals surface area contributed by atoms with Crippen molar-refractivity contribution in [2.75, 3.05) is 13.1 Å². The van der Waals surface area contributed by atoms with Crippen LogP contribution >= 0.6 is 0 Å². The van der Waals surface area contributed by atoms with Gasteiger partial charge in [0, 0.05) is 0 Å². The minimum atomic E-state index is -0.0769. The van der Waals surface area contributed by atoms with E-state index in [1.54, 1.807) is 0 Å². The molecule has 0 bridgehead atoms. The summed E-state index contributed by atoms with van der Waals surface area (Å²) in [5.41, 5.74) is 20.2. The van der Waals surface area contributed by atoms with Crippen LogP contribution in [0.3, 0.4) is 0 Å². The maximum atomic E-state index is 6.44. The molecule has 4 heteroatoms. The van der Waals surface area contributed by atoms with E-state index in [2.05, 4.69) is 80.0 Å². The summed E-state index contributed by atoms with van der Waals surface area (Å²) >= 11 is 4.68. The molecular weight excluding hydrogens is 341 g/mol. The summed E-state index contributed by atoms with van der Waals surface area (Å²) in [5, 5.41) is 0. The zero-order valence-electron chi connectivity index (χ0n) is 15.0. The maximum absolute atomic E-state index is 6.44. The molecule has 0 saturated heterocycles. The first-order valence-electron chi connectivity index (χ1n) is 8.33. The molecule has 3 nitrogen and oxygen atoms in total. The van der Waals surface area contributed by atoms with Gasteiger partial charge >= 0.3 is 154 Å². The van der Waals surface area contributed by atoms with Gasteiger partial charge in [-0.3, -0.25) is 0 Å². The van der Waals surface area contributed by atoms with Crippen LogP contribution in [0.1, 0.15) is 45.5 Å². The van der Waals surface area contributed by atoms with E-state index >= 15 is 0 Å². The van der Waals surface area contributed by atoms with Gasteiger partial charge in [0.05, 0.1) is 0 Å². The normalized spacial score (nSPS) is 14.0. The van der Waals surface area contributed by atoms with E-state index in [0.29, 0.717) is 13.1 Å². The van der Waals surface area contributed by atoms with Crippen molar-refractivity contribution < 1.29 is 16.0 Å². The minimum absolute atomic E-state index is 0.0769. The van der Waals surface area contributed by atoms with Crippen LogP contribution in [0, 0.1) is 27.7 Å². The van der Waals surface area contributed by atoms with Crippen molar-refractivity contribution in [1.82, 2.24) is 3.95 Å².